The van der Waals surface area contributed by atoms with Crippen molar-refractivity contribution >= 4 is 21.9 Å². The van der Waals surface area contributed by atoms with Crippen LogP contribution in [-0.2, 0) is 28.6 Å². The van der Waals surface area contributed by atoms with Crippen LogP contribution in [0, 0.1) is 11.8 Å². The number of hydrogen-bond donors (Lipinski definition) is 0. The van der Waals surface area contributed by atoms with Gasteiger partial charge in [0.25, 0.3) is 10.1 Å². The molecular weight excluding hydrogens is 392 g/mol. The predicted molar refractivity (Wildman–Crippen MR) is 114 cm³/mol. The maximum atomic E-state index is 12.5. The Hall–Kier alpha value is -1.21. The topological polar surface area (TPSA) is 86.7 Å². The lowest BCUT2D eigenvalue weighted by atomic mass is 9.83. The van der Waals surface area contributed by atoms with Gasteiger partial charge in [0.1, 0.15) is 0 Å². The van der Waals surface area contributed by atoms with Gasteiger partial charge in [-0.25, -0.2) is 0 Å². The first-order valence-electron chi connectivity index (χ1n) is 11.0. The van der Waals surface area contributed by atoms with Crippen LogP contribution in [0.15, 0.2) is 12.2 Å². The van der Waals surface area contributed by atoms with E-state index in [1.165, 1.54) is 32.8 Å². The fraction of sp³-hybridized carbons (Fsp3) is 0.818. The summed E-state index contributed by atoms with van der Waals surface area (Å²) in [6.07, 6.45) is 14.8. The zero-order valence-electron chi connectivity index (χ0n) is 18.2. The highest BCUT2D eigenvalue weighted by Gasteiger charge is 2.38. The Morgan fingerprint density at radius 1 is 1.07 bits per heavy atom. The van der Waals surface area contributed by atoms with Gasteiger partial charge in [-0.1, -0.05) is 64.4 Å². The van der Waals surface area contributed by atoms with Gasteiger partial charge in [0.05, 0.1) is 25.4 Å². The Morgan fingerprint density at radius 2 is 1.72 bits per heavy atom. The summed E-state index contributed by atoms with van der Waals surface area (Å²) in [6.45, 7) is 2.19. The summed E-state index contributed by atoms with van der Waals surface area (Å²) in [7, 11) is -2.30. The van der Waals surface area contributed by atoms with Crippen LogP contribution in [0.1, 0.15) is 84.0 Å². The average molecular weight is 431 g/mol. The quantitative estimate of drug-likeness (QED) is 0.202. The van der Waals surface area contributed by atoms with E-state index in [4.69, 9.17) is 4.18 Å². The minimum absolute atomic E-state index is 0.0375. The summed E-state index contributed by atoms with van der Waals surface area (Å²) >= 11 is 0. The molecular formula is C22H38O6S. The molecule has 0 aromatic heterocycles. The van der Waals surface area contributed by atoms with Crippen molar-refractivity contribution in [3.63, 3.8) is 0 Å². The lowest BCUT2D eigenvalue weighted by molar-refractivity contribution is -0.140. The van der Waals surface area contributed by atoms with Crippen molar-refractivity contribution in [2.24, 2.45) is 11.8 Å². The standard InChI is InChI=1S/C22H38O6S/c1-4-5-6-7-8-10-13-18-16-17-19(23)22(18)20(28-29(3,25)26)14-11-9-12-15-21(24)27-2/h16-18,20,22H,4-15H2,1-3H3/t18-,20+,22+/m1/s1. The summed E-state index contributed by atoms with van der Waals surface area (Å²) < 4.78 is 33.5. The van der Waals surface area contributed by atoms with Crippen molar-refractivity contribution in [2.75, 3.05) is 13.4 Å². The molecule has 0 bridgehead atoms. The van der Waals surface area contributed by atoms with Gasteiger partial charge < -0.3 is 4.74 Å². The first-order valence-corrected chi connectivity index (χ1v) is 12.8. The molecule has 6 nitrogen and oxygen atoms in total. The minimum Gasteiger partial charge on any atom is -0.469 e. The molecule has 168 valence electrons. The van der Waals surface area contributed by atoms with Crippen molar-refractivity contribution in [2.45, 2.75) is 90.1 Å². The van der Waals surface area contributed by atoms with Gasteiger partial charge in [0, 0.05) is 6.42 Å². The number of rotatable bonds is 16. The fourth-order valence-electron chi connectivity index (χ4n) is 3.96. The summed E-state index contributed by atoms with van der Waals surface area (Å²) in [5, 5.41) is 0. The molecule has 0 amide bonds. The van der Waals surface area contributed by atoms with Crippen LogP contribution in [-0.4, -0.2) is 39.6 Å². The molecule has 7 heteroatoms. The SMILES string of the molecule is CCCCCCCC[C@@H]1C=CC(=O)[C@H]1[C@H](CCCCCC(=O)OC)OS(C)(=O)=O. The van der Waals surface area contributed by atoms with E-state index in [-0.39, 0.29) is 17.7 Å². The number of ether oxygens (including phenoxy) is 1. The molecule has 0 saturated heterocycles. The van der Waals surface area contributed by atoms with Crippen molar-refractivity contribution < 1.29 is 26.9 Å². The van der Waals surface area contributed by atoms with Gasteiger partial charge in [0.15, 0.2) is 5.78 Å². The molecule has 0 heterocycles. The molecule has 1 rings (SSSR count). The Labute approximate surface area is 176 Å². The van der Waals surface area contributed by atoms with E-state index < -0.39 is 22.1 Å². The van der Waals surface area contributed by atoms with E-state index in [9.17, 15) is 18.0 Å². The smallest absolute Gasteiger partial charge is 0.305 e. The molecule has 0 spiro atoms. The number of carbonyl (C=O) groups is 2. The molecule has 29 heavy (non-hydrogen) atoms. The van der Waals surface area contributed by atoms with Crippen LogP contribution >= 0.6 is 0 Å². The zero-order valence-corrected chi connectivity index (χ0v) is 19.0. The van der Waals surface area contributed by atoms with Crippen LogP contribution < -0.4 is 0 Å². The van der Waals surface area contributed by atoms with Crippen LogP contribution in [0.3, 0.4) is 0 Å². The number of ketones is 1. The number of unbranched alkanes of at least 4 members (excludes halogenated alkanes) is 7. The molecule has 0 saturated carbocycles. The van der Waals surface area contributed by atoms with Crippen molar-refractivity contribution in [3.8, 4) is 0 Å². The third kappa shape index (κ3) is 10.9. The highest BCUT2D eigenvalue weighted by molar-refractivity contribution is 7.86. The van der Waals surface area contributed by atoms with Crippen LogP contribution in [0.5, 0.6) is 0 Å². The summed E-state index contributed by atoms with van der Waals surface area (Å²) in [5.74, 6) is -0.677. The molecule has 0 aromatic rings. The van der Waals surface area contributed by atoms with Gasteiger partial charge in [-0.15, -0.1) is 0 Å². The first-order chi connectivity index (χ1) is 13.8. The molecule has 0 aromatic carbocycles. The number of esters is 1. The molecule has 1 aliphatic carbocycles. The predicted octanol–water partition coefficient (Wildman–Crippen LogP) is 4.58. The second-order valence-electron chi connectivity index (χ2n) is 8.02. The molecule has 3 atom stereocenters. The van der Waals surface area contributed by atoms with Gasteiger partial charge >= 0.3 is 5.97 Å². The monoisotopic (exact) mass is 430 g/mol. The third-order valence-corrected chi connectivity index (χ3v) is 6.08. The lowest BCUT2D eigenvalue weighted by Crippen LogP contribution is -2.34. The fourth-order valence-corrected chi connectivity index (χ4v) is 4.63. The third-order valence-electron chi connectivity index (χ3n) is 5.48. The largest absolute Gasteiger partial charge is 0.469 e. The van der Waals surface area contributed by atoms with Crippen molar-refractivity contribution in [3.05, 3.63) is 12.2 Å². The van der Waals surface area contributed by atoms with E-state index >= 15 is 0 Å². The maximum Gasteiger partial charge on any atom is 0.305 e. The minimum atomic E-state index is -3.66. The van der Waals surface area contributed by atoms with Crippen molar-refractivity contribution in [1.82, 2.24) is 0 Å². The Balaban J connectivity index is 2.58. The van der Waals surface area contributed by atoms with E-state index in [0.29, 0.717) is 25.7 Å². The summed E-state index contributed by atoms with van der Waals surface area (Å²) in [6, 6.07) is 0. The first kappa shape index (κ1) is 25.8. The van der Waals surface area contributed by atoms with Crippen LogP contribution in [0.2, 0.25) is 0 Å². The van der Waals surface area contributed by atoms with Crippen LogP contribution in [0.4, 0.5) is 0 Å². The second kappa shape index (κ2) is 13.9. The zero-order chi connectivity index (χ0) is 21.7. The lowest BCUT2D eigenvalue weighted by Gasteiger charge is -2.27. The van der Waals surface area contributed by atoms with Crippen LogP contribution in [0.25, 0.3) is 0 Å². The van der Waals surface area contributed by atoms with Gasteiger partial charge in [-0.3, -0.25) is 13.8 Å². The number of carbonyl (C=O) groups excluding carboxylic acids is 2. The van der Waals surface area contributed by atoms with E-state index in [2.05, 4.69) is 11.7 Å². The molecule has 0 aliphatic heterocycles. The van der Waals surface area contributed by atoms with Gasteiger partial charge in [-0.2, -0.15) is 8.42 Å². The molecule has 1 aliphatic rings. The van der Waals surface area contributed by atoms with Gasteiger partial charge in [0.2, 0.25) is 0 Å². The number of allylic oxidation sites excluding steroid dienone is 2. The van der Waals surface area contributed by atoms with Gasteiger partial charge in [-0.05, 0) is 31.3 Å². The van der Waals surface area contributed by atoms with E-state index in [1.807, 2.05) is 6.08 Å². The highest BCUT2D eigenvalue weighted by Crippen LogP contribution is 2.34. The summed E-state index contributed by atoms with van der Waals surface area (Å²) in [5.41, 5.74) is 0. The molecule has 0 fully saturated rings. The molecule has 0 unspecified atom stereocenters. The highest BCUT2D eigenvalue weighted by atomic mass is 32.2. The molecule has 0 radical (unpaired) electrons. The Kier molecular flexibility index (Phi) is 12.4. The summed E-state index contributed by atoms with van der Waals surface area (Å²) in [4.78, 5) is 23.7. The normalized spacial score (nSPS) is 20.2. The molecule has 0 N–H and O–H groups in total. The maximum absolute atomic E-state index is 12.5. The van der Waals surface area contributed by atoms with Crippen molar-refractivity contribution in [1.29, 1.82) is 0 Å². The second-order valence-corrected chi connectivity index (χ2v) is 9.62. The van der Waals surface area contributed by atoms with E-state index in [1.54, 1.807) is 6.08 Å². The number of methoxy groups -OCH3 is 1. The van der Waals surface area contributed by atoms with E-state index in [0.717, 1.165) is 31.9 Å². The average Bonchev–Trinajstić information content (AvgIpc) is 3.02. The number of hydrogen-bond acceptors (Lipinski definition) is 6. The Morgan fingerprint density at radius 3 is 2.38 bits per heavy atom. The Bertz CT molecular complexity index is 625.